The lowest BCUT2D eigenvalue weighted by Gasteiger charge is -2.44. The third-order valence-electron chi connectivity index (χ3n) is 3.75. The minimum Gasteiger partial charge on any atom is -0.508 e. The second-order valence-corrected chi connectivity index (χ2v) is 5.98. The molecule has 1 fully saturated rings. The first-order valence-corrected chi connectivity index (χ1v) is 6.50. The van der Waals surface area contributed by atoms with Crippen LogP contribution in [0.2, 0.25) is 0 Å². The van der Waals surface area contributed by atoms with Gasteiger partial charge < -0.3 is 14.9 Å². The van der Waals surface area contributed by atoms with Gasteiger partial charge in [-0.2, -0.15) is 0 Å². The fourth-order valence-corrected chi connectivity index (χ4v) is 2.86. The average molecular weight is 264 g/mol. The highest BCUT2D eigenvalue weighted by molar-refractivity contribution is 5.88. The third-order valence-corrected chi connectivity index (χ3v) is 3.75. The van der Waals surface area contributed by atoms with E-state index in [-0.39, 0.29) is 16.9 Å². The van der Waals surface area contributed by atoms with Gasteiger partial charge >= 0.3 is 5.97 Å². The number of phenolic OH excluding ortho intramolecular Hbond substituents is 1. The van der Waals surface area contributed by atoms with Crippen LogP contribution in [0.15, 0.2) is 18.2 Å². The molecule has 0 bridgehead atoms. The van der Waals surface area contributed by atoms with Crippen molar-refractivity contribution in [3.05, 3.63) is 29.3 Å². The summed E-state index contributed by atoms with van der Waals surface area (Å²) in [6.45, 7) is 6.02. The van der Waals surface area contributed by atoms with Crippen LogP contribution in [0.3, 0.4) is 0 Å². The largest absolute Gasteiger partial charge is 0.508 e. The van der Waals surface area contributed by atoms with Crippen molar-refractivity contribution in [2.24, 2.45) is 0 Å². The number of carboxylic acids is 1. The van der Waals surface area contributed by atoms with Gasteiger partial charge in [0.25, 0.3) is 0 Å². The van der Waals surface area contributed by atoms with Crippen LogP contribution < -0.4 is 0 Å². The highest BCUT2D eigenvalue weighted by atomic mass is 16.5. The molecule has 0 saturated carbocycles. The Hall–Kier alpha value is -1.55. The van der Waals surface area contributed by atoms with Crippen LogP contribution in [0.1, 0.15) is 56.0 Å². The predicted octanol–water partition coefficient (Wildman–Crippen LogP) is 3.28. The lowest BCUT2D eigenvalue weighted by Crippen LogP contribution is -2.41. The zero-order chi connectivity index (χ0) is 14.3. The van der Waals surface area contributed by atoms with Crippen molar-refractivity contribution in [2.45, 2.75) is 51.2 Å². The number of carboxylic acid groups (broad SMARTS) is 1. The Labute approximate surface area is 113 Å². The second-order valence-electron chi connectivity index (χ2n) is 5.98. The van der Waals surface area contributed by atoms with Crippen LogP contribution >= 0.6 is 0 Å². The molecule has 0 unspecified atom stereocenters. The average Bonchev–Trinajstić information content (AvgIpc) is 2.26. The number of aromatic carboxylic acids is 1. The molecule has 2 rings (SSSR count). The molecule has 19 heavy (non-hydrogen) atoms. The molecule has 104 valence electrons. The molecule has 4 nitrogen and oxygen atoms in total. The first-order valence-electron chi connectivity index (χ1n) is 6.50. The predicted molar refractivity (Wildman–Crippen MR) is 71.4 cm³/mol. The molecule has 1 aromatic carbocycles. The molecule has 0 aromatic heterocycles. The van der Waals surface area contributed by atoms with Gasteiger partial charge in [-0.3, -0.25) is 0 Å². The van der Waals surface area contributed by atoms with E-state index < -0.39 is 11.6 Å². The van der Waals surface area contributed by atoms with Crippen LogP contribution in [0.4, 0.5) is 0 Å². The first kappa shape index (κ1) is 13.9. The molecule has 1 aliphatic heterocycles. The van der Waals surface area contributed by atoms with Crippen molar-refractivity contribution < 1.29 is 19.7 Å². The standard InChI is InChI=1S/C15H20O4/c1-14(2)7-4-8-15(3,19-14)11-6-5-10(13(17)18)9-12(11)16/h5-6,9,16H,4,7-8H2,1-3H3,(H,17,18)/t15-/m1/s1. The summed E-state index contributed by atoms with van der Waals surface area (Å²) in [7, 11) is 0. The SMILES string of the molecule is CC1(C)CCC[C@](C)(c2ccc(C(=O)O)cc2O)O1. The summed E-state index contributed by atoms with van der Waals surface area (Å²) in [6.07, 6.45) is 2.82. The second kappa shape index (κ2) is 4.53. The number of carbonyl (C=O) groups is 1. The van der Waals surface area contributed by atoms with E-state index in [9.17, 15) is 9.90 Å². The van der Waals surface area contributed by atoms with Gasteiger partial charge in [0, 0.05) is 5.56 Å². The van der Waals surface area contributed by atoms with E-state index in [0.29, 0.717) is 5.56 Å². The van der Waals surface area contributed by atoms with Gasteiger partial charge in [-0.25, -0.2) is 4.79 Å². The van der Waals surface area contributed by atoms with Crippen molar-refractivity contribution in [2.75, 3.05) is 0 Å². The molecule has 1 heterocycles. The number of aromatic hydroxyl groups is 1. The van der Waals surface area contributed by atoms with Gasteiger partial charge in [-0.15, -0.1) is 0 Å². The molecule has 0 aliphatic carbocycles. The first-order chi connectivity index (χ1) is 8.73. The molecule has 4 heteroatoms. The normalized spacial score (nSPS) is 26.1. The van der Waals surface area contributed by atoms with Crippen molar-refractivity contribution in [1.29, 1.82) is 0 Å². The zero-order valence-corrected chi connectivity index (χ0v) is 11.6. The molecule has 1 aromatic rings. The highest BCUT2D eigenvalue weighted by Crippen LogP contribution is 2.44. The van der Waals surface area contributed by atoms with E-state index in [4.69, 9.17) is 9.84 Å². The summed E-state index contributed by atoms with van der Waals surface area (Å²) in [6, 6.07) is 4.45. The van der Waals surface area contributed by atoms with Crippen LogP contribution in [0.5, 0.6) is 5.75 Å². The zero-order valence-electron chi connectivity index (χ0n) is 11.6. The van der Waals surface area contributed by atoms with Gasteiger partial charge in [-0.1, -0.05) is 6.07 Å². The number of benzene rings is 1. The molecule has 0 radical (unpaired) electrons. The van der Waals surface area contributed by atoms with Crippen molar-refractivity contribution in [3.8, 4) is 5.75 Å². The fourth-order valence-electron chi connectivity index (χ4n) is 2.86. The van der Waals surface area contributed by atoms with Crippen LogP contribution in [-0.2, 0) is 10.3 Å². The van der Waals surface area contributed by atoms with E-state index in [1.807, 2.05) is 20.8 Å². The smallest absolute Gasteiger partial charge is 0.335 e. The number of phenols is 1. The molecular weight excluding hydrogens is 244 g/mol. The van der Waals surface area contributed by atoms with Crippen molar-refractivity contribution in [3.63, 3.8) is 0 Å². The van der Waals surface area contributed by atoms with E-state index in [2.05, 4.69) is 0 Å². The van der Waals surface area contributed by atoms with E-state index in [0.717, 1.165) is 19.3 Å². The molecule has 1 saturated heterocycles. The Kier molecular flexibility index (Phi) is 3.31. The van der Waals surface area contributed by atoms with E-state index >= 15 is 0 Å². The van der Waals surface area contributed by atoms with E-state index in [1.54, 1.807) is 6.07 Å². The summed E-state index contributed by atoms with van der Waals surface area (Å²) in [4.78, 5) is 10.9. The molecule has 2 N–H and O–H groups in total. The van der Waals surface area contributed by atoms with Gasteiger partial charge in [0.1, 0.15) is 5.75 Å². The van der Waals surface area contributed by atoms with E-state index in [1.165, 1.54) is 12.1 Å². The quantitative estimate of drug-likeness (QED) is 0.860. The summed E-state index contributed by atoms with van der Waals surface area (Å²) in [5.74, 6) is -1.06. The molecular formula is C15H20O4. The monoisotopic (exact) mass is 264 g/mol. The fraction of sp³-hybridized carbons (Fsp3) is 0.533. The minimum absolute atomic E-state index is 0.0138. The summed E-state index contributed by atoms with van der Waals surface area (Å²) < 4.78 is 6.12. The van der Waals surface area contributed by atoms with Gasteiger partial charge in [0.2, 0.25) is 0 Å². The maximum absolute atomic E-state index is 10.9. The summed E-state index contributed by atoms with van der Waals surface area (Å²) >= 11 is 0. The van der Waals surface area contributed by atoms with Crippen LogP contribution in [0, 0.1) is 0 Å². The molecule has 1 aliphatic rings. The number of rotatable bonds is 2. The maximum atomic E-state index is 10.9. The Morgan fingerprint density at radius 1 is 1.26 bits per heavy atom. The van der Waals surface area contributed by atoms with Crippen molar-refractivity contribution >= 4 is 5.97 Å². The Balaban J connectivity index is 2.38. The number of ether oxygens (including phenoxy) is 1. The topological polar surface area (TPSA) is 66.8 Å². The third kappa shape index (κ3) is 2.73. The Morgan fingerprint density at radius 2 is 1.95 bits per heavy atom. The van der Waals surface area contributed by atoms with Crippen LogP contribution in [-0.4, -0.2) is 21.8 Å². The summed E-state index contributed by atoms with van der Waals surface area (Å²) in [5.41, 5.74) is -0.0569. The van der Waals surface area contributed by atoms with Crippen LogP contribution in [0.25, 0.3) is 0 Å². The Bertz CT molecular complexity index is 507. The number of hydrogen-bond donors (Lipinski definition) is 2. The lowest BCUT2D eigenvalue weighted by atomic mass is 9.82. The Morgan fingerprint density at radius 3 is 2.47 bits per heavy atom. The van der Waals surface area contributed by atoms with Gasteiger partial charge in [-0.05, 0) is 52.2 Å². The summed E-state index contributed by atoms with van der Waals surface area (Å²) in [5, 5.41) is 19.0. The van der Waals surface area contributed by atoms with Gasteiger partial charge in [0.05, 0.1) is 16.8 Å². The highest BCUT2D eigenvalue weighted by Gasteiger charge is 2.40. The number of hydrogen-bond acceptors (Lipinski definition) is 3. The molecule has 0 amide bonds. The minimum atomic E-state index is -1.04. The maximum Gasteiger partial charge on any atom is 0.335 e. The molecule has 0 spiro atoms. The lowest BCUT2D eigenvalue weighted by molar-refractivity contribution is -0.171. The molecule has 1 atom stereocenters. The van der Waals surface area contributed by atoms with Crippen molar-refractivity contribution in [1.82, 2.24) is 0 Å². The van der Waals surface area contributed by atoms with Gasteiger partial charge in [0.15, 0.2) is 0 Å².